The summed E-state index contributed by atoms with van der Waals surface area (Å²) >= 11 is 5.89. The van der Waals surface area contributed by atoms with Crippen molar-refractivity contribution in [3.8, 4) is 17.2 Å². The summed E-state index contributed by atoms with van der Waals surface area (Å²) in [5.74, 6) is 0.160. The van der Waals surface area contributed by atoms with Gasteiger partial charge in [0.2, 0.25) is 0 Å². The third kappa shape index (κ3) is 4.47. The number of halogens is 4. The van der Waals surface area contributed by atoms with Gasteiger partial charge in [0.05, 0.1) is 44.8 Å². The lowest BCUT2D eigenvalue weighted by Gasteiger charge is -2.09. The second-order valence-corrected chi connectivity index (χ2v) is 8.17. The first kappa shape index (κ1) is 22.6. The number of anilines is 1. The predicted molar refractivity (Wildman–Crippen MR) is 126 cm³/mol. The molecule has 5 rings (SSSR count). The Bertz CT molecular complexity index is 1540. The molecule has 0 saturated heterocycles. The average molecular weight is 497 g/mol. The summed E-state index contributed by atoms with van der Waals surface area (Å²) in [5.41, 5.74) is 2.99. The molecule has 1 amide bonds. The van der Waals surface area contributed by atoms with E-state index in [1.807, 2.05) is 0 Å². The zero-order chi connectivity index (χ0) is 24.7. The van der Waals surface area contributed by atoms with E-state index in [4.69, 9.17) is 11.6 Å². The molecule has 0 saturated carbocycles. The number of rotatable bonds is 4. The van der Waals surface area contributed by atoms with Gasteiger partial charge in [-0.3, -0.25) is 9.78 Å². The third-order valence-corrected chi connectivity index (χ3v) is 5.63. The van der Waals surface area contributed by atoms with Gasteiger partial charge in [0.25, 0.3) is 5.91 Å². The molecule has 0 aliphatic heterocycles. The first-order valence-corrected chi connectivity index (χ1v) is 10.7. The maximum atomic E-state index is 12.9. The molecule has 176 valence electrons. The van der Waals surface area contributed by atoms with Crippen molar-refractivity contribution in [2.45, 2.75) is 13.1 Å². The lowest BCUT2D eigenvalue weighted by atomic mass is 10.2. The number of fused-ring (bicyclic) bond motifs is 1. The highest BCUT2D eigenvalue weighted by atomic mass is 35.5. The van der Waals surface area contributed by atoms with Crippen molar-refractivity contribution in [1.82, 2.24) is 24.7 Å². The minimum absolute atomic E-state index is 0.292. The molecule has 7 nitrogen and oxygen atoms in total. The van der Waals surface area contributed by atoms with Gasteiger partial charge in [0, 0.05) is 11.9 Å². The lowest BCUT2D eigenvalue weighted by Crippen LogP contribution is -2.13. The van der Waals surface area contributed by atoms with Crippen molar-refractivity contribution < 1.29 is 18.0 Å². The van der Waals surface area contributed by atoms with Crippen LogP contribution >= 0.6 is 11.6 Å². The van der Waals surface area contributed by atoms with E-state index in [1.165, 1.54) is 29.2 Å². The second kappa shape index (κ2) is 8.55. The number of benzene rings is 2. The summed E-state index contributed by atoms with van der Waals surface area (Å²) in [6.45, 7) is 1.67. The zero-order valence-corrected chi connectivity index (χ0v) is 18.8. The summed E-state index contributed by atoms with van der Waals surface area (Å²) < 4.78 is 39.9. The van der Waals surface area contributed by atoms with Crippen molar-refractivity contribution in [3.63, 3.8) is 0 Å². The van der Waals surface area contributed by atoms with E-state index in [2.05, 4.69) is 25.4 Å². The number of hydrogen-bond acceptors (Lipinski definition) is 4. The number of nitrogens with zero attached hydrogens (tertiary/aromatic N) is 4. The van der Waals surface area contributed by atoms with Crippen LogP contribution in [0.25, 0.3) is 28.2 Å². The molecular formula is C24H16ClF3N6O. The quantitative estimate of drug-likeness (QED) is 0.317. The molecule has 2 aromatic carbocycles. The van der Waals surface area contributed by atoms with E-state index in [-0.39, 0.29) is 0 Å². The highest BCUT2D eigenvalue weighted by molar-refractivity contribution is 6.30. The first-order valence-electron chi connectivity index (χ1n) is 10.3. The molecule has 0 spiro atoms. The molecule has 0 aliphatic carbocycles. The van der Waals surface area contributed by atoms with Gasteiger partial charge in [0.15, 0.2) is 5.82 Å². The summed E-state index contributed by atoms with van der Waals surface area (Å²) in [6, 6.07) is 13.3. The van der Waals surface area contributed by atoms with E-state index in [9.17, 15) is 18.0 Å². The average Bonchev–Trinajstić information content (AvgIpc) is 3.42. The number of aromatic amines is 1. The van der Waals surface area contributed by atoms with Crippen molar-refractivity contribution in [1.29, 1.82) is 0 Å². The number of imidazole rings is 1. The molecular weight excluding hydrogens is 481 g/mol. The monoisotopic (exact) mass is 496 g/mol. The smallest absolute Gasteiger partial charge is 0.337 e. The van der Waals surface area contributed by atoms with Crippen molar-refractivity contribution in [2.75, 3.05) is 5.32 Å². The van der Waals surface area contributed by atoms with E-state index in [0.29, 0.717) is 50.2 Å². The number of H-pyrrole nitrogens is 1. The first-order chi connectivity index (χ1) is 16.7. The number of carbonyl (C=O) groups excluding carboxylic acids is 1. The Labute approximate surface area is 201 Å². The lowest BCUT2D eigenvalue weighted by molar-refractivity contribution is -0.137. The van der Waals surface area contributed by atoms with Crippen LogP contribution in [0.3, 0.4) is 0 Å². The molecule has 0 fully saturated rings. The third-order valence-electron chi connectivity index (χ3n) is 5.40. The van der Waals surface area contributed by atoms with Gasteiger partial charge < -0.3 is 10.3 Å². The molecule has 3 heterocycles. The van der Waals surface area contributed by atoms with Crippen LogP contribution in [-0.4, -0.2) is 30.6 Å². The summed E-state index contributed by atoms with van der Waals surface area (Å²) in [6.07, 6.45) is -1.52. The fourth-order valence-electron chi connectivity index (χ4n) is 3.61. The summed E-state index contributed by atoms with van der Waals surface area (Å²) in [7, 11) is 0. The Morgan fingerprint density at radius 1 is 1.06 bits per heavy atom. The maximum Gasteiger partial charge on any atom is 0.416 e. The standard InChI is InChI=1S/C24H16ClF3N6O/c1-13-18(12-30-34(13)17-6-2-14(3-7-17)24(26,27)28)23(35)31-16-5-9-19-21(10-16)33-22(32-19)20-8-4-15(25)11-29-20/h2-12H,1H3,(H,31,35)(H,32,33). The second-order valence-electron chi connectivity index (χ2n) is 7.73. The van der Waals surface area contributed by atoms with Crippen LogP contribution < -0.4 is 5.32 Å². The molecule has 11 heteroatoms. The SMILES string of the molecule is Cc1c(C(=O)Nc2ccc3nc(-c4ccc(Cl)cn4)[nH]c3c2)cnn1-c1ccc(C(F)(F)F)cc1. The molecule has 5 aromatic rings. The van der Waals surface area contributed by atoms with Crippen LogP contribution in [0.5, 0.6) is 0 Å². The number of hydrogen-bond donors (Lipinski definition) is 2. The van der Waals surface area contributed by atoms with Crippen molar-refractivity contribution in [3.05, 3.63) is 88.8 Å². The van der Waals surface area contributed by atoms with E-state index >= 15 is 0 Å². The number of aromatic nitrogens is 5. The number of pyridine rings is 1. The van der Waals surface area contributed by atoms with Gasteiger partial charge in [-0.1, -0.05) is 11.6 Å². The Balaban J connectivity index is 1.36. The van der Waals surface area contributed by atoms with Crippen LogP contribution in [-0.2, 0) is 6.18 Å². The Morgan fingerprint density at radius 2 is 1.83 bits per heavy atom. The fraction of sp³-hybridized carbons (Fsp3) is 0.0833. The van der Waals surface area contributed by atoms with Crippen molar-refractivity contribution in [2.24, 2.45) is 0 Å². The van der Waals surface area contributed by atoms with Gasteiger partial charge >= 0.3 is 6.18 Å². The largest absolute Gasteiger partial charge is 0.416 e. The van der Waals surface area contributed by atoms with E-state index < -0.39 is 17.6 Å². The Hall–Kier alpha value is -4.18. The Kier molecular flexibility index (Phi) is 5.52. The minimum atomic E-state index is -4.43. The fourth-order valence-corrected chi connectivity index (χ4v) is 3.72. The van der Waals surface area contributed by atoms with Crippen molar-refractivity contribution >= 4 is 34.2 Å². The maximum absolute atomic E-state index is 12.9. The molecule has 2 N–H and O–H groups in total. The summed E-state index contributed by atoms with van der Waals surface area (Å²) in [4.78, 5) is 24.8. The van der Waals surface area contributed by atoms with Gasteiger partial charge in [-0.25, -0.2) is 9.67 Å². The molecule has 0 radical (unpaired) electrons. The number of amides is 1. The van der Waals surface area contributed by atoms with Crippen LogP contribution in [0.2, 0.25) is 5.02 Å². The van der Waals surface area contributed by atoms with Crippen LogP contribution in [0.15, 0.2) is 67.0 Å². The van der Waals surface area contributed by atoms with Crippen LogP contribution in [0, 0.1) is 6.92 Å². The Morgan fingerprint density at radius 3 is 2.51 bits per heavy atom. The van der Waals surface area contributed by atoms with Gasteiger partial charge in [-0.15, -0.1) is 0 Å². The molecule has 0 bridgehead atoms. The molecule has 3 aromatic heterocycles. The zero-order valence-electron chi connectivity index (χ0n) is 18.1. The number of alkyl halides is 3. The highest BCUT2D eigenvalue weighted by Gasteiger charge is 2.30. The predicted octanol–water partition coefficient (Wildman–Crippen LogP) is 6.04. The minimum Gasteiger partial charge on any atom is -0.337 e. The van der Waals surface area contributed by atoms with Gasteiger partial charge in [-0.05, 0) is 61.5 Å². The molecule has 0 unspecified atom stereocenters. The normalized spacial score (nSPS) is 11.7. The highest BCUT2D eigenvalue weighted by Crippen LogP contribution is 2.30. The topological polar surface area (TPSA) is 88.5 Å². The van der Waals surface area contributed by atoms with Gasteiger partial charge in [-0.2, -0.15) is 18.3 Å². The van der Waals surface area contributed by atoms with E-state index in [0.717, 1.165) is 12.1 Å². The van der Waals surface area contributed by atoms with Crippen LogP contribution in [0.1, 0.15) is 21.6 Å². The molecule has 0 aliphatic rings. The van der Waals surface area contributed by atoms with E-state index in [1.54, 1.807) is 37.3 Å². The van der Waals surface area contributed by atoms with Crippen LogP contribution in [0.4, 0.5) is 18.9 Å². The summed E-state index contributed by atoms with van der Waals surface area (Å²) in [5, 5.41) is 7.52. The number of nitrogens with one attached hydrogen (secondary N) is 2. The molecule has 0 atom stereocenters. The number of carbonyl (C=O) groups is 1. The molecule has 35 heavy (non-hydrogen) atoms. The van der Waals surface area contributed by atoms with Gasteiger partial charge in [0.1, 0.15) is 5.69 Å².